The SMILES string of the molecule is C[C@H](NC(=O)NCCc1nc(C(C)(C)C)cs1)c1ccccn1. The number of carbonyl (C=O) groups excluding carboxylic acids is 1. The Balaban J connectivity index is 1.76. The van der Waals surface area contributed by atoms with Crippen LogP contribution in [0.2, 0.25) is 0 Å². The normalized spacial score (nSPS) is 12.7. The van der Waals surface area contributed by atoms with Gasteiger partial charge in [-0.2, -0.15) is 0 Å². The van der Waals surface area contributed by atoms with Gasteiger partial charge in [0.05, 0.1) is 22.4 Å². The third-order valence-electron chi connectivity index (χ3n) is 3.42. The number of amides is 2. The Labute approximate surface area is 141 Å². The zero-order chi connectivity index (χ0) is 16.9. The molecule has 2 aromatic rings. The van der Waals surface area contributed by atoms with Gasteiger partial charge in [-0.1, -0.05) is 26.8 Å². The standard InChI is InChI=1S/C17H24N4OS/c1-12(13-7-5-6-9-18-13)20-16(22)19-10-8-15-21-14(11-23-15)17(2,3)4/h5-7,9,11-12H,8,10H2,1-4H3,(H2,19,20,22)/t12-/m0/s1. The fourth-order valence-corrected chi connectivity index (χ4v) is 3.03. The Morgan fingerprint density at radius 2 is 2.13 bits per heavy atom. The fraction of sp³-hybridized carbons (Fsp3) is 0.471. The number of rotatable bonds is 5. The van der Waals surface area contributed by atoms with Gasteiger partial charge in [0, 0.05) is 30.0 Å². The predicted octanol–water partition coefficient (Wildman–Crippen LogP) is 3.44. The van der Waals surface area contributed by atoms with E-state index in [0.717, 1.165) is 22.8 Å². The molecule has 0 saturated heterocycles. The second-order valence-corrected chi connectivity index (χ2v) is 7.45. The van der Waals surface area contributed by atoms with Crippen LogP contribution >= 0.6 is 11.3 Å². The van der Waals surface area contributed by atoms with Crippen molar-refractivity contribution in [2.24, 2.45) is 0 Å². The van der Waals surface area contributed by atoms with Crippen LogP contribution in [0.5, 0.6) is 0 Å². The minimum atomic E-state index is -0.184. The topological polar surface area (TPSA) is 66.9 Å². The maximum atomic E-state index is 11.9. The van der Waals surface area contributed by atoms with Gasteiger partial charge in [0.15, 0.2) is 0 Å². The van der Waals surface area contributed by atoms with E-state index in [4.69, 9.17) is 0 Å². The van der Waals surface area contributed by atoms with Gasteiger partial charge >= 0.3 is 6.03 Å². The molecule has 5 nitrogen and oxygen atoms in total. The molecule has 124 valence electrons. The van der Waals surface area contributed by atoms with E-state index in [1.54, 1.807) is 17.5 Å². The molecule has 2 N–H and O–H groups in total. The molecule has 2 amide bonds. The summed E-state index contributed by atoms with van der Waals surface area (Å²) in [6.07, 6.45) is 2.47. The molecule has 0 aliphatic rings. The van der Waals surface area contributed by atoms with Crippen molar-refractivity contribution in [1.82, 2.24) is 20.6 Å². The molecule has 23 heavy (non-hydrogen) atoms. The second-order valence-electron chi connectivity index (χ2n) is 6.50. The molecular weight excluding hydrogens is 308 g/mol. The van der Waals surface area contributed by atoms with Crippen molar-refractivity contribution in [2.75, 3.05) is 6.54 Å². The lowest BCUT2D eigenvalue weighted by molar-refractivity contribution is 0.238. The summed E-state index contributed by atoms with van der Waals surface area (Å²) in [6, 6.07) is 5.36. The molecule has 0 fully saturated rings. The average Bonchev–Trinajstić information content (AvgIpc) is 2.97. The van der Waals surface area contributed by atoms with Crippen molar-refractivity contribution < 1.29 is 4.79 Å². The average molecular weight is 332 g/mol. The van der Waals surface area contributed by atoms with Gasteiger partial charge in [-0.25, -0.2) is 9.78 Å². The van der Waals surface area contributed by atoms with Gasteiger partial charge in [0.1, 0.15) is 0 Å². The number of thiazole rings is 1. The van der Waals surface area contributed by atoms with Crippen molar-refractivity contribution in [3.63, 3.8) is 0 Å². The van der Waals surface area contributed by atoms with Crippen LogP contribution in [-0.4, -0.2) is 22.5 Å². The molecule has 0 aliphatic heterocycles. The van der Waals surface area contributed by atoms with Crippen molar-refractivity contribution in [3.05, 3.63) is 46.2 Å². The van der Waals surface area contributed by atoms with Crippen molar-refractivity contribution >= 4 is 17.4 Å². The highest BCUT2D eigenvalue weighted by Crippen LogP contribution is 2.23. The lowest BCUT2D eigenvalue weighted by Gasteiger charge is -2.14. The van der Waals surface area contributed by atoms with E-state index in [1.165, 1.54) is 0 Å². The Morgan fingerprint density at radius 3 is 2.74 bits per heavy atom. The predicted molar refractivity (Wildman–Crippen MR) is 93.7 cm³/mol. The molecule has 2 heterocycles. The van der Waals surface area contributed by atoms with Gasteiger partial charge in [-0.15, -0.1) is 11.3 Å². The van der Waals surface area contributed by atoms with E-state index >= 15 is 0 Å². The molecule has 0 aromatic carbocycles. The Kier molecular flexibility index (Phi) is 5.71. The van der Waals surface area contributed by atoms with Crippen molar-refractivity contribution in [2.45, 2.75) is 45.6 Å². The smallest absolute Gasteiger partial charge is 0.315 e. The lowest BCUT2D eigenvalue weighted by Crippen LogP contribution is -2.38. The first-order chi connectivity index (χ1) is 10.9. The first-order valence-corrected chi connectivity index (χ1v) is 8.64. The number of aromatic nitrogens is 2. The van der Waals surface area contributed by atoms with Crippen LogP contribution in [-0.2, 0) is 11.8 Å². The minimum absolute atomic E-state index is 0.0671. The van der Waals surface area contributed by atoms with Gasteiger partial charge in [0.25, 0.3) is 0 Å². The quantitative estimate of drug-likeness (QED) is 0.881. The summed E-state index contributed by atoms with van der Waals surface area (Å²) in [7, 11) is 0. The first kappa shape index (κ1) is 17.4. The van der Waals surface area contributed by atoms with E-state index in [9.17, 15) is 4.79 Å². The summed E-state index contributed by atoms with van der Waals surface area (Å²) >= 11 is 1.65. The maximum Gasteiger partial charge on any atom is 0.315 e. The zero-order valence-corrected chi connectivity index (χ0v) is 14.9. The first-order valence-electron chi connectivity index (χ1n) is 7.76. The van der Waals surface area contributed by atoms with E-state index in [0.29, 0.717) is 6.54 Å². The van der Waals surface area contributed by atoms with Crippen molar-refractivity contribution in [1.29, 1.82) is 0 Å². The third-order valence-corrected chi connectivity index (χ3v) is 4.33. The van der Waals surface area contributed by atoms with Crippen LogP contribution in [0.25, 0.3) is 0 Å². The summed E-state index contributed by atoms with van der Waals surface area (Å²) in [5.41, 5.74) is 2.01. The summed E-state index contributed by atoms with van der Waals surface area (Å²) < 4.78 is 0. The summed E-state index contributed by atoms with van der Waals surface area (Å²) in [5, 5.41) is 8.90. The molecule has 1 atom stereocenters. The summed E-state index contributed by atoms with van der Waals surface area (Å²) in [5.74, 6) is 0. The molecular formula is C17H24N4OS. The van der Waals surface area contributed by atoms with Crippen molar-refractivity contribution in [3.8, 4) is 0 Å². The van der Waals surface area contributed by atoms with Gasteiger partial charge in [0.2, 0.25) is 0 Å². The number of nitrogens with one attached hydrogen (secondary N) is 2. The molecule has 2 aromatic heterocycles. The van der Waals surface area contributed by atoms with Gasteiger partial charge < -0.3 is 10.6 Å². The molecule has 0 radical (unpaired) electrons. The molecule has 0 spiro atoms. The Bertz CT molecular complexity index is 634. The van der Waals surface area contributed by atoms with Crippen LogP contribution in [0, 0.1) is 0 Å². The van der Waals surface area contributed by atoms with Gasteiger partial charge in [-0.05, 0) is 19.1 Å². The summed E-state index contributed by atoms with van der Waals surface area (Å²) in [4.78, 5) is 20.8. The summed E-state index contributed by atoms with van der Waals surface area (Å²) in [6.45, 7) is 8.93. The van der Waals surface area contributed by atoms with Crippen LogP contribution in [0.3, 0.4) is 0 Å². The van der Waals surface area contributed by atoms with Crippen LogP contribution in [0.4, 0.5) is 4.79 Å². The highest BCUT2D eigenvalue weighted by molar-refractivity contribution is 7.09. The fourth-order valence-electron chi connectivity index (χ4n) is 2.01. The second kappa shape index (κ2) is 7.55. The molecule has 2 rings (SSSR count). The third kappa shape index (κ3) is 5.32. The highest BCUT2D eigenvalue weighted by Gasteiger charge is 2.17. The molecule has 0 unspecified atom stereocenters. The number of carbonyl (C=O) groups is 1. The Morgan fingerprint density at radius 1 is 1.35 bits per heavy atom. The van der Waals surface area contributed by atoms with Crippen LogP contribution in [0.15, 0.2) is 29.8 Å². The Hall–Kier alpha value is -1.95. The monoisotopic (exact) mass is 332 g/mol. The van der Waals surface area contributed by atoms with Gasteiger partial charge in [-0.3, -0.25) is 4.98 Å². The number of pyridine rings is 1. The molecule has 0 saturated carbocycles. The lowest BCUT2D eigenvalue weighted by atomic mass is 9.93. The molecule has 0 bridgehead atoms. The minimum Gasteiger partial charge on any atom is -0.338 e. The largest absolute Gasteiger partial charge is 0.338 e. The van der Waals surface area contributed by atoms with E-state index in [1.807, 2.05) is 25.1 Å². The number of hydrogen-bond acceptors (Lipinski definition) is 4. The van der Waals surface area contributed by atoms with E-state index in [2.05, 4.69) is 46.8 Å². The molecule has 0 aliphatic carbocycles. The van der Waals surface area contributed by atoms with Crippen LogP contribution < -0.4 is 10.6 Å². The number of urea groups is 1. The zero-order valence-electron chi connectivity index (χ0n) is 14.1. The maximum absolute atomic E-state index is 11.9. The van der Waals surface area contributed by atoms with Crippen LogP contribution in [0.1, 0.15) is 50.1 Å². The van der Waals surface area contributed by atoms with E-state index < -0.39 is 0 Å². The number of hydrogen-bond donors (Lipinski definition) is 2. The molecule has 6 heteroatoms. The number of nitrogens with zero attached hydrogens (tertiary/aromatic N) is 2. The van der Waals surface area contributed by atoms with E-state index in [-0.39, 0.29) is 17.5 Å². The highest BCUT2D eigenvalue weighted by atomic mass is 32.1.